The van der Waals surface area contributed by atoms with Gasteiger partial charge in [0.1, 0.15) is 0 Å². The van der Waals surface area contributed by atoms with Gasteiger partial charge < -0.3 is 0 Å². The van der Waals surface area contributed by atoms with Crippen molar-refractivity contribution in [3.8, 4) is 0 Å². The molecule has 1 rings (SSSR count). The maximum Gasteiger partial charge on any atom is 0.159 e. The van der Waals surface area contributed by atoms with Gasteiger partial charge in [-0.05, 0) is 36.2 Å². The van der Waals surface area contributed by atoms with Crippen molar-refractivity contribution >= 4 is 5.78 Å². The third-order valence-corrected chi connectivity index (χ3v) is 3.15. The third-order valence-electron chi connectivity index (χ3n) is 3.15. The van der Waals surface area contributed by atoms with Gasteiger partial charge in [0.15, 0.2) is 5.78 Å². The van der Waals surface area contributed by atoms with Crippen LogP contribution in [-0.2, 0) is 4.79 Å². The molecule has 15 heavy (non-hydrogen) atoms. The number of carbonyl (C=O) groups is 1. The molecule has 0 fully saturated rings. The molecule has 0 heterocycles. The van der Waals surface area contributed by atoms with Gasteiger partial charge in [0.2, 0.25) is 0 Å². The smallest absolute Gasteiger partial charge is 0.159 e. The summed E-state index contributed by atoms with van der Waals surface area (Å²) in [5, 5.41) is 0. The van der Waals surface area contributed by atoms with Crippen molar-refractivity contribution in [2.45, 2.75) is 46.5 Å². The summed E-state index contributed by atoms with van der Waals surface area (Å²) in [4.78, 5) is 11.9. The highest BCUT2D eigenvalue weighted by Crippen LogP contribution is 2.35. The topological polar surface area (TPSA) is 17.1 Å². The van der Waals surface area contributed by atoms with Crippen LogP contribution in [0.1, 0.15) is 46.5 Å². The Labute approximate surface area is 93.3 Å². The average molecular weight is 206 g/mol. The fraction of sp³-hybridized carbons (Fsp3) is 0.643. The first-order valence-electron chi connectivity index (χ1n) is 5.79. The van der Waals surface area contributed by atoms with Gasteiger partial charge in [0.05, 0.1) is 0 Å². The molecule has 0 spiro atoms. The molecule has 0 amide bonds. The monoisotopic (exact) mass is 206 g/mol. The Morgan fingerprint density at radius 2 is 2.33 bits per heavy atom. The van der Waals surface area contributed by atoms with Crippen LogP contribution in [0.25, 0.3) is 0 Å². The maximum absolute atomic E-state index is 11.9. The summed E-state index contributed by atoms with van der Waals surface area (Å²) >= 11 is 0. The number of ketones is 1. The van der Waals surface area contributed by atoms with Crippen molar-refractivity contribution in [2.24, 2.45) is 11.3 Å². The van der Waals surface area contributed by atoms with E-state index in [0.717, 1.165) is 18.4 Å². The maximum atomic E-state index is 11.9. The molecule has 0 N–H and O–H groups in total. The Kier molecular flexibility index (Phi) is 3.90. The summed E-state index contributed by atoms with van der Waals surface area (Å²) in [5.74, 6) is 0.610. The van der Waals surface area contributed by atoms with Crippen LogP contribution in [0.15, 0.2) is 24.3 Å². The Bertz CT molecular complexity index is 284. The van der Waals surface area contributed by atoms with E-state index in [9.17, 15) is 4.79 Å². The lowest BCUT2D eigenvalue weighted by molar-refractivity contribution is -0.116. The predicted molar refractivity (Wildman–Crippen MR) is 64.7 cm³/mol. The molecule has 0 saturated heterocycles. The van der Waals surface area contributed by atoms with Crippen LogP contribution in [-0.4, -0.2) is 5.78 Å². The normalized spacial score (nSPS) is 21.7. The van der Waals surface area contributed by atoms with Crippen LogP contribution in [0.5, 0.6) is 0 Å². The van der Waals surface area contributed by atoms with Crippen LogP contribution in [0.3, 0.4) is 0 Å². The van der Waals surface area contributed by atoms with E-state index in [1.165, 1.54) is 6.42 Å². The van der Waals surface area contributed by atoms with E-state index < -0.39 is 0 Å². The molecule has 0 saturated carbocycles. The lowest BCUT2D eigenvalue weighted by Crippen LogP contribution is -2.20. The summed E-state index contributed by atoms with van der Waals surface area (Å²) in [6, 6.07) is 0. The zero-order chi connectivity index (χ0) is 11.5. The molecule has 1 aliphatic carbocycles. The molecule has 0 radical (unpaired) electrons. The van der Waals surface area contributed by atoms with E-state index in [0.29, 0.717) is 23.5 Å². The minimum absolute atomic E-state index is 0.295. The quantitative estimate of drug-likeness (QED) is 0.637. The van der Waals surface area contributed by atoms with Crippen LogP contribution in [0, 0.1) is 11.3 Å². The highest BCUT2D eigenvalue weighted by atomic mass is 16.1. The predicted octanol–water partition coefficient (Wildman–Crippen LogP) is 3.90. The van der Waals surface area contributed by atoms with E-state index >= 15 is 0 Å². The lowest BCUT2D eigenvalue weighted by atomic mass is 9.75. The first-order chi connectivity index (χ1) is 6.94. The highest BCUT2D eigenvalue weighted by Gasteiger charge is 2.26. The van der Waals surface area contributed by atoms with E-state index in [1.807, 2.05) is 13.0 Å². The van der Waals surface area contributed by atoms with Gasteiger partial charge in [-0.15, -0.1) is 6.58 Å². The molecule has 84 valence electrons. The Morgan fingerprint density at radius 1 is 1.67 bits per heavy atom. The first-order valence-corrected chi connectivity index (χ1v) is 5.79. The molecular formula is C14H22O. The van der Waals surface area contributed by atoms with Gasteiger partial charge in [-0.25, -0.2) is 0 Å². The highest BCUT2D eigenvalue weighted by molar-refractivity contribution is 5.95. The first kappa shape index (κ1) is 12.2. The van der Waals surface area contributed by atoms with Gasteiger partial charge in [0.25, 0.3) is 0 Å². The van der Waals surface area contributed by atoms with Gasteiger partial charge in [-0.2, -0.15) is 0 Å². The van der Waals surface area contributed by atoms with Crippen LogP contribution >= 0.6 is 0 Å². The molecule has 1 atom stereocenters. The van der Waals surface area contributed by atoms with Crippen LogP contribution in [0.2, 0.25) is 0 Å². The molecule has 0 aromatic carbocycles. The second-order valence-corrected chi connectivity index (χ2v) is 5.45. The van der Waals surface area contributed by atoms with Crippen LogP contribution < -0.4 is 0 Å². The molecule has 1 heteroatoms. The van der Waals surface area contributed by atoms with Crippen LogP contribution in [0.4, 0.5) is 0 Å². The van der Waals surface area contributed by atoms with Gasteiger partial charge >= 0.3 is 0 Å². The van der Waals surface area contributed by atoms with Gasteiger partial charge in [-0.3, -0.25) is 4.79 Å². The van der Waals surface area contributed by atoms with E-state index in [-0.39, 0.29) is 0 Å². The molecule has 0 unspecified atom stereocenters. The molecular weight excluding hydrogens is 184 g/mol. The fourth-order valence-corrected chi connectivity index (χ4v) is 2.03. The number of Topliss-reactive ketones (excluding diaryl/α,β-unsaturated/α-hetero) is 1. The van der Waals surface area contributed by atoms with Crippen molar-refractivity contribution in [3.05, 3.63) is 24.3 Å². The van der Waals surface area contributed by atoms with E-state index in [4.69, 9.17) is 0 Å². The Balaban J connectivity index is 2.60. The minimum atomic E-state index is 0.295. The standard InChI is InChI=1S/C14H22O/c1-5-11(2)9-13(15)12-7-6-8-14(3,4)10-12/h5,7,11H,1,6,8-10H2,2-4H3/t11-/m0/s1. The van der Waals surface area contributed by atoms with Gasteiger partial charge in [-0.1, -0.05) is 32.9 Å². The summed E-state index contributed by atoms with van der Waals surface area (Å²) in [7, 11) is 0. The summed E-state index contributed by atoms with van der Waals surface area (Å²) in [6.07, 6.45) is 7.79. The zero-order valence-corrected chi connectivity index (χ0v) is 10.2. The van der Waals surface area contributed by atoms with Crippen molar-refractivity contribution in [2.75, 3.05) is 0 Å². The molecule has 0 aromatic heterocycles. The molecule has 0 bridgehead atoms. The van der Waals surface area contributed by atoms with Crippen molar-refractivity contribution in [3.63, 3.8) is 0 Å². The zero-order valence-electron chi connectivity index (χ0n) is 10.2. The third kappa shape index (κ3) is 3.65. The fourth-order valence-electron chi connectivity index (χ4n) is 2.03. The minimum Gasteiger partial charge on any atom is -0.295 e. The second-order valence-electron chi connectivity index (χ2n) is 5.45. The number of hydrogen-bond acceptors (Lipinski definition) is 1. The number of rotatable bonds is 4. The number of allylic oxidation sites excluding steroid dienone is 3. The average Bonchev–Trinajstić information content (AvgIpc) is 2.16. The number of hydrogen-bond donors (Lipinski definition) is 0. The Morgan fingerprint density at radius 3 is 2.87 bits per heavy atom. The van der Waals surface area contributed by atoms with Crippen molar-refractivity contribution in [1.29, 1.82) is 0 Å². The largest absolute Gasteiger partial charge is 0.295 e. The summed E-state index contributed by atoms with van der Waals surface area (Å²) in [6.45, 7) is 10.2. The lowest BCUT2D eigenvalue weighted by Gasteiger charge is -2.29. The second kappa shape index (κ2) is 4.78. The molecule has 1 nitrogen and oxygen atoms in total. The number of carbonyl (C=O) groups excluding carboxylic acids is 1. The SMILES string of the molecule is C=C[C@H](C)CC(=O)C1=CCCC(C)(C)C1. The van der Waals surface area contributed by atoms with E-state index in [1.54, 1.807) is 0 Å². The van der Waals surface area contributed by atoms with Gasteiger partial charge in [0, 0.05) is 6.42 Å². The summed E-state index contributed by atoms with van der Waals surface area (Å²) < 4.78 is 0. The molecule has 1 aliphatic rings. The summed E-state index contributed by atoms with van der Waals surface area (Å²) in [5.41, 5.74) is 1.34. The Hall–Kier alpha value is -0.850. The van der Waals surface area contributed by atoms with Crippen molar-refractivity contribution in [1.82, 2.24) is 0 Å². The molecule has 0 aromatic rings. The molecule has 0 aliphatic heterocycles. The van der Waals surface area contributed by atoms with E-state index in [2.05, 4.69) is 26.5 Å². The van der Waals surface area contributed by atoms with Crippen molar-refractivity contribution < 1.29 is 4.79 Å².